The van der Waals surface area contributed by atoms with Gasteiger partial charge in [-0.1, -0.05) is 48.5 Å². The van der Waals surface area contributed by atoms with Crippen molar-refractivity contribution in [2.24, 2.45) is 0 Å². The first-order valence-electron chi connectivity index (χ1n) is 12.7. The number of amides is 2. The van der Waals surface area contributed by atoms with Crippen molar-refractivity contribution in [2.75, 3.05) is 17.1 Å². The highest BCUT2D eigenvalue weighted by Crippen LogP contribution is 2.27. The lowest BCUT2D eigenvalue weighted by Crippen LogP contribution is -2.50. The van der Waals surface area contributed by atoms with Crippen molar-refractivity contribution < 1.29 is 22.4 Å². The van der Waals surface area contributed by atoms with E-state index in [9.17, 15) is 22.4 Å². The summed E-state index contributed by atoms with van der Waals surface area (Å²) < 4.78 is 39.2. The fourth-order valence-corrected chi connectivity index (χ4v) is 6.10. The average Bonchev–Trinajstić information content (AvgIpc) is 2.86. The molecule has 1 atom stereocenters. The third-order valence-corrected chi connectivity index (χ3v) is 8.68. The fourth-order valence-electron chi connectivity index (χ4n) is 4.62. The van der Waals surface area contributed by atoms with E-state index in [4.69, 9.17) is 23.2 Å². The minimum absolute atomic E-state index is 0.0134. The molecular formula is C27H34Cl2FN3O4S. The molecule has 1 aliphatic carbocycles. The van der Waals surface area contributed by atoms with Crippen molar-refractivity contribution in [3.63, 3.8) is 0 Å². The monoisotopic (exact) mass is 585 g/mol. The number of nitrogens with one attached hydrogen (secondary N) is 1. The lowest BCUT2D eigenvalue weighted by Gasteiger charge is -2.32. The zero-order chi connectivity index (χ0) is 27.9. The second-order valence-electron chi connectivity index (χ2n) is 9.66. The predicted octanol–water partition coefficient (Wildman–Crippen LogP) is 5.54. The van der Waals surface area contributed by atoms with Crippen LogP contribution in [-0.4, -0.2) is 50.0 Å². The van der Waals surface area contributed by atoms with E-state index < -0.39 is 21.9 Å². The molecule has 0 aromatic heterocycles. The maximum absolute atomic E-state index is 13.5. The van der Waals surface area contributed by atoms with Gasteiger partial charge < -0.3 is 10.2 Å². The quantitative estimate of drug-likeness (QED) is 0.375. The molecule has 2 aromatic carbocycles. The van der Waals surface area contributed by atoms with Gasteiger partial charge in [-0.2, -0.15) is 0 Å². The number of halogens is 3. The summed E-state index contributed by atoms with van der Waals surface area (Å²) >= 11 is 12.7. The molecule has 0 aliphatic heterocycles. The van der Waals surface area contributed by atoms with Crippen LogP contribution in [0.2, 0.25) is 10.0 Å². The molecule has 1 fully saturated rings. The van der Waals surface area contributed by atoms with Crippen molar-refractivity contribution in [1.82, 2.24) is 10.2 Å². The van der Waals surface area contributed by atoms with E-state index >= 15 is 0 Å². The standard InChI is InChI=1S/C27H34Cl2FN3O4S/c1-19(27(35)31-21-8-4-3-5-9-21)32(18-23-24(28)10-6-11-25(23)29)26(34)12-7-17-33(38(2,36)37)22-15-13-20(30)14-16-22/h6,10-11,13-16,19,21H,3-5,7-9,12,17-18H2,1-2H3,(H,31,35). The van der Waals surface area contributed by atoms with Crippen LogP contribution in [0.25, 0.3) is 0 Å². The lowest BCUT2D eigenvalue weighted by molar-refractivity contribution is -0.141. The molecule has 1 saturated carbocycles. The molecule has 2 amide bonds. The summed E-state index contributed by atoms with van der Waals surface area (Å²) in [6.45, 7) is 1.71. The summed E-state index contributed by atoms with van der Waals surface area (Å²) in [6.07, 6.45) is 6.32. The normalized spacial score (nSPS) is 15.1. The first-order chi connectivity index (χ1) is 18.0. The van der Waals surface area contributed by atoms with E-state index in [-0.39, 0.29) is 43.8 Å². The first-order valence-corrected chi connectivity index (χ1v) is 15.3. The Hall–Kier alpha value is -2.36. The van der Waals surface area contributed by atoms with E-state index in [2.05, 4.69) is 5.32 Å². The molecule has 11 heteroatoms. The number of carbonyl (C=O) groups is 2. The van der Waals surface area contributed by atoms with E-state index in [1.807, 2.05) is 0 Å². The number of sulfonamides is 1. The maximum atomic E-state index is 13.5. The Morgan fingerprint density at radius 2 is 1.66 bits per heavy atom. The number of nitrogens with zero attached hydrogens (tertiary/aromatic N) is 2. The van der Waals surface area contributed by atoms with Gasteiger partial charge in [-0.25, -0.2) is 12.8 Å². The number of benzene rings is 2. The van der Waals surface area contributed by atoms with Crippen LogP contribution >= 0.6 is 23.2 Å². The molecule has 1 aliphatic rings. The van der Waals surface area contributed by atoms with Crippen LogP contribution in [0.4, 0.5) is 10.1 Å². The zero-order valence-corrected chi connectivity index (χ0v) is 24.0. The summed E-state index contributed by atoms with van der Waals surface area (Å²) in [6, 6.07) is 9.45. The van der Waals surface area contributed by atoms with Crippen molar-refractivity contribution in [1.29, 1.82) is 0 Å². The zero-order valence-electron chi connectivity index (χ0n) is 21.6. The Morgan fingerprint density at radius 1 is 1.05 bits per heavy atom. The molecular weight excluding hydrogens is 552 g/mol. The Morgan fingerprint density at radius 3 is 2.24 bits per heavy atom. The highest BCUT2D eigenvalue weighted by Gasteiger charge is 2.29. The topological polar surface area (TPSA) is 86.8 Å². The van der Waals surface area contributed by atoms with E-state index in [1.165, 1.54) is 29.2 Å². The number of hydrogen-bond donors (Lipinski definition) is 1. The summed E-state index contributed by atoms with van der Waals surface area (Å²) in [5.74, 6) is -1.07. The fraction of sp³-hybridized carbons (Fsp3) is 0.481. The van der Waals surface area contributed by atoms with Gasteiger partial charge in [0.15, 0.2) is 0 Å². The number of carbonyl (C=O) groups excluding carboxylic acids is 2. The highest BCUT2D eigenvalue weighted by atomic mass is 35.5. The molecule has 0 heterocycles. The van der Waals surface area contributed by atoms with Crippen LogP contribution in [0.15, 0.2) is 42.5 Å². The minimum Gasteiger partial charge on any atom is -0.352 e. The third kappa shape index (κ3) is 8.32. The second kappa shape index (κ2) is 13.6. The van der Waals surface area contributed by atoms with Gasteiger partial charge >= 0.3 is 0 Å². The highest BCUT2D eigenvalue weighted by molar-refractivity contribution is 7.92. The smallest absolute Gasteiger partial charge is 0.242 e. The molecule has 208 valence electrons. The number of anilines is 1. The lowest BCUT2D eigenvalue weighted by atomic mass is 9.95. The summed E-state index contributed by atoms with van der Waals surface area (Å²) in [7, 11) is -3.67. The van der Waals surface area contributed by atoms with Gasteiger partial charge in [0.2, 0.25) is 21.8 Å². The molecule has 0 radical (unpaired) electrons. The van der Waals surface area contributed by atoms with Gasteiger partial charge in [-0.15, -0.1) is 0 Å². The van der Waals surface area contributed by atoms with Crippen LogP contribution in [0.1, 0.15) is 57.4 Å². The van der Waals surface area contributed by atoms with Crippen molar-refractivity contribution in [2.45, 2.75) is 70.5 Å². The Bertz CT molecular complexity index is 1200. The van der Waals surface area contributed by atoms with Crippen LogP contribution in [0, 0.1) is 5.82 Å². The molecule has 0 saturated heterocycles. The molecule has 38 heavy (non-hydrogen) atoms. The molecule has 1 unspecified atom stereocenters. The van der Waals surface area contributed by atoms with Crippen LogP contribution in [0.3, 0.4) is 0 Å². The average molecular weight is 587 g/mol. The van der Waals surface area contributed by atoms with Gasteiger partial charge in [0.05, 0.1) is 11.9 Å². The van der Waals surface area contributed by atoms with Gasteiger partial charge in [0, 0.05) is 41.2 Å². The van der Waals surface area contributed by atoms with Crippen LogP contribution < -0.4 is 9.62 Å². The SMILES string of the molecule is CC(C(=O)NC1CCCCC1)N(Cc1c(Cl)cccc1Cl)C(=O)CCCN(c1ccc(F)cc1)S(C)(=O)=O. The van der Waals surface area contributed by atoms with E-state index in [0.717, 1.165) is 42.7 Å². The summed E-state index contributed by atoms with van der Waals surface area (Å²) in [5, 5.41) is 3.84. The second-order valence-corrected chi connectivity index (χ2v) is 12.4. The minimum atomic E-state index is -3.67. The van der Waals surface area contributed by atoms with Crippen molar-refractivity contribution >= 4 is 50.7 Å². The van der Waals surface area contributed by atoms with Gasteiger partial charge in [0.1, 0.15) is 11.9 Å². The van der Waals surface area contributed by atoms with Crippen LogP contribution in [-0.2, 0) is 26.2 Å². The van der Waals surface area contributed by atoms with E-state index in [1.54, 1.807) is 25.1 Å². The molecule has 0 bridgehead atoms. The Kier molecular flexibility index (Phi) is 10.8. The summed E-state index contributed by atoms with van der Waals surface area (Å²) in [5.41, 5.74) is 0.840. The maximum Gasteiger partial charge on any atom is 0.242 e. The molecule has 7 nitrogen and oxygen atoms in total. The molecule has 1 N–H and O–H groups in total. The Labute approximate surface area is 234 Å². The molecule has 0 spiro atoms. The number of rotatable bonds is 11. The molecule has 2 aromatic rings. The van der Waals surface area contributed by atoms with Crippen molar-refractivity contribution in [3.8, 4) is 0 Å². The first kappa shape index (κ1) is 30.2. The van der Waals surface area contributed by atoms with E-state index in [0.29, 0.717) is 21.3 Å². The van der Waals surface area contributed by atoms with Gasteiger partial charge in [-0.05, 0) is 62.6 Å². The van der Waals surface area contributed by atoms with Gasteiger partial charge in [0.25, 0.3) is 0 Å². The predicted molar refractivity (Wildman–Crippen MR) is 149 cm³/mol. The van der Waals surface area contributed by atoms with Gasteiger partial charge in [-0.3, -0.25) is 13.9 Å². The molecule has 3 rings (SSSR count). The summed E-state index contributed by atoms with van der Waals surface area (Å²) in [4.78, 5) is 28.1. The van der Waals surface area contributed by atoms with Crippen molar-refractivity contribution in [3.05, 3.63) is 63.9 Å². The van der Waals surface area contributed by atoms with Crippen LogP contribution in [0.5, 0.6) is 0 Å². The Balaban J connectivity index is 1.75. The largest absolute Gasteiger partial charge is 0.352 e. The third-order valence-electron chi connectivity index (χ3n) is 6.78. The number of hydrogen-bond acceptors (Lipinski definition) is 4.